The zero-order chi connectivity index (χ0) is 12.5. The molecule has 4 nitrogen and oxygen atoms in total. The van der Waals surface area contributed by atoms with Gasteiger partial charge in [-0.3, -0.25) is 4.79 Å². The summed E-state index contributed by atoms with van der Waals surface area (Å²) in [6.07, 6.45) is 0. The number of hydrogen-bond donors (Lipinski definition) is 0. The van der Waals surface area contributed by atoms with Gasteiger partial charge in [-0.25, -0.2) is 8.42 Å². The van der Waals surface area contributed by atoms with E-state index >= 15 is 0 Å². The number of carbonyl (C=O) groups is 1. The number of rotatable bonds is 2. The highest BCUT2D eigenvalue weighted by atomic mass is 35.7. The van der Waals surface area contributed by atoms with E-state index in [0.717, 1.165) is 5.56 Å². The van der Waals surface area contributed by atoms with Crippen molar-refractivity contribution >= 4 is 25.6 Å². The fourth-order valence-electron chi connectivity index (χ4n) is 1.26. The Morgan fingerprint density at radius 2 is 1.88 bits per heavy atom. The Bertz CT molecular complexity index is 523. The molecular formula is C10H12ClNO3S. The number of benzene rings is 1. The van der Waals surface area contributed by atoms with Gasteiger partial charge in [0.05, 0.1) is 10.5 Å². The Morgan fingerprint density at radius 1 is 1.31 bits per heavy atom. The first-order valence-electron chi connectivity index (χ1n) is 4.50. The van der Waals surface area contributed by atoms with Gasteiger partial charge < -0.3 is 4.90 Å². The van der Waals surface area contributed by atoms with Crippen LogP contribution in [-0.2, 0) is 9.05 Å². The van der Waals surface area contributed by atoms with E-state index in [-0.39, 0.29) is 16.4 Å². The van der Waals surface area contributed by atoms with Crippen molar-refractivity contribution in [2.24, 2.45) is 0 Å². The van der Waals surface area contributed by atoms with Gasteiger partial charge in [0.2, 0.25) is 0 Å². The van der Waals surface area contributed by atoms with Crippen molar-refractivity contribution in [2.45, 2.75) is 11.8 Å². The maximum atomic E-state index is 11.8. The highest BCUT2D eigenvalue weighted by molar-refractivity contribution is 8.13. The van der Waals surface area contributed by atoms with Gasteiger partial charge in [-0.05, 0) is 19.1 Å². The van der Waals surface area contributed by atoms with Crippen LogP contribution in [0.4, 0.5) is 0 Å². The molecule has 0 aromatic heterocycles. The van der Waals surface area contributed by atoms with E-state index in [1.54, 1.807) is 27.1 Å². The second kappa shape index (κ2) is 4.43. The molecule has 16 heavy (non-hydrogen) atoms. The summed E-state index contributed by atoms with van der Waals surface area (Å²) in [6.45, 7) is 1.77. The summed E-state index contributed by atoms with van der Waals surface area (Å²) in [6, 6.07) is 4.45. The van der Waals surface area contributed by atoms with Crippen LogP contribution in [0.2, 0.25) is 0 Å². The first-order valence-corrected chi connectivity index (χ1v) is 6.81. The van der Waals surface area contributed by atoms with E-state index in [1.165, 1.54) is 17.0 Å². The molecule has 0 aliphatic rings. The predicted molar refractivity (Wildman–Crippen MR) is 62.2 cm³/mol. The fraction of sp³-hybridized carbons (Fsp3) is 0.300. The molecule has 0 spiro atoms. The van der Waals surface area contributed by atoms with Crippen LogP contribution >= 0.6 is 10.7 Å². The maximum absolute atomic E-state index is 11.8. The van der Waals surface area contributed by atoms with Gasteiger partial charge in [0.1, 0.15) is 0 Å². The standard InChI is InChI=1S/C10H12ClNO3S/c1-7-4-5-9(16(11,14)15)8(6-7)10(13)12(2)3/h4-6H,1-3H3. The van der Waals surface area contributed by atoms with Crippen molar-refractivity contribution in [1.29, 1.82) is 0 Å². The third-order valence-corrected chi connectivity index (χ3v) is 3.41. The van der Waals surface area contributed by atoms with Crippen molar-refractivity contribution in [3.63, 3.8) is 0 Å². The first kappa shape index (κ1) is 13.0. The Balaban J connectivity index is 3.47. The molecule has 0 bridgehead atoms. The molecule has 0 unspecified atom stereocenters. The molecule has 1 rings (SSSR count). The monoisotopic (exact) mass is 261 g/mol. The summed E-state index contributed by atoms with van der Waals surface area (Å²) in [5.41, 5.74) is 0.897. The van der Waals surface area contributed by atoms with E-state index in [1.807, 2.05) is 0 Å². The van der Waals surface area contributed by atoms with Crippen molar-refractivity contribution in [3.05, 3.63) is 29.3 Å². The summed E-state index contributed by atoms with van der Waals surface area (Å²) in [4.78, 5) is 12.9. The lowest BCUT2D eigenvalue weighted by Crippen LogP contribution is -2.23. The minimum atomic E-state index is -3.90. The summed E-state index contributed by atoms with van der Waals surface area (Å²) < 4.78 is 22.6. The molecule has 0 saturated heterocycles. The zero-order valence-electron chi connectivity index (χ0n) is 9.19. The SMILES string of the molecule is Cc1ccc(S(=O)(=O)Cl)c(C(=O)N(C)C)c1. The minimum absolute atomic E-state index is 0.0972. The highest BCUT2D eigenvalue weighted by Gasteiger charge is 2.21. The molecule has 0 radical (unpaired) electrons. The van der Waals surface area contributed by atoms with E-state index in [2.05, 4.69) is 0 Å². The molecule has 0 N–H and O–H groups in total. The Kier molecular flexibility index (Phi) is 3.60. The maximum Gasteiger partial charge on any atom is 0.262 e. The minimum Gasteiger partial charge on any atom is -0.345 e. The van der Waals surface area contributed by atoms with E-state index in [4.69, 9.17) is 10.7 Å². The molecule has 88 valence electrons. The van der Waals surface area contributed by atoms with Crippen molar-refractivity contribution in [1.82, 2.24) is 4.90 Å². The largest absolute Gasteiger partial charge is 0.345 e. The van der Waals surface area contributed by atoms with Gasteiger partial charge in [0.25, 0.3) is 15.0 Å². The lowest BCUT2D eigenvalue weighted by molar-refractivity contribution is 0.0824. The number of carbonyl (C=O) groups excluding carboxylic acids is 1. The average Bonchev–Trinajstić information content (AvgIpc) is 2.14. The normalized spacial score (nSPS) is 11.2. The van der Waals surface area contributed by atoms with Crippen LogP contribution < -0.4 is 0 Å². The molecule has 6 heteroatoms. The topological polar surface area (TPSA) is 54.5 Å². The molecule has 1 amide bonds. The Labute approximate surface area is 99.2 Å². The van der Waals surface area contributed by atoms with Crippen LogP contribution in [0.25, 0.3) is 0 Å². The third kappa shape index (κ3) is 2.74. The summed E-state index contributed by atoms with van der Waals surface area (Å²) in [5.74, 6) is -0.386. The highest BCUT2D eigenvalue weighted by Crippen LogP contribution is 2.22. The molecule has 0 saturated carbocycles. The number of halogens is 1. The summed E-state index contributed by atoms with van der Waals surface area (Å²) in [5, 5.41) is 0. The van der Waals surface area contributed by atoms with Gasteiger partial charge in [0.15, 0.2) is 0 Å². The first-order chi connectivity index (χ1) is 7.23. The lowest BCUT2D eigenvalue weighted by atomic mass is 10.1. The third-order valence-electron chi connectivity index (χ3n) is 2.03. The van der Waals surface area contributed by atoms with Crippen LogP contribution in [0, 0.1) is 6.92 Å². The number of amides is 1. The van der Waals surface area contributed by atoms with Crippen molar-refractivity contribution in [2.75, 3.05) is 14.1 Å². The second-order valence-corrected chi connectivity index (χ2v) is 6.17. The molecule has 0 aliphatic heterocycles. The molecular weight excluding hydrogens is 250 g/mol. The smallest absolute Gasteiger partial charge is 0.262 e. The van der Waals surface area contributed by atoms with Crippen LogP contribution in [0.5, 0.6) is 0 Å². The van der Waals surface area contributed by atoms with E-state index in [0.29, 0.717) is 0 Å². The van der Waals surface area contributed by atoms with Gasteiger partial charge >= 0.3 is 0 Å². The van der Waals surface area contributed by atoms with Crippen LogP contribution in [-0.4, -0.2) is 33.3 Å². The fourth-order valence-corrected chi connectivity index (χ4v) is 2.31. The van der Waals surface area contributed by atoms with Crippen LogP contribution in [0.1, 0.15) is 15.9 Å². The molecule has 0 aliphatic carbocycles. The number of hydrogen-bond acceptors (Lipinski definition) is 3. The lowest BCUT2D eigenvalue weighted by Gasteiger charge is -2.13. The van der Waals surface area contributed by atoms with Gasteiger partial charge in [-0.1, -0.05) is 11.6 Å². The van der Waals surface area contributed by atoms with Gasteiger partial charge in [-0.2, -0.15) is 0 Å². The van der Waals surface area contributed by atoms with Crippen molar-refractivity contribution < 1.29 is 13.2 Å². The average molecular weight is 262 g/mol. The second-order valence-electron chi connectivity index (χ2n) is 3.64. The van der Waals surface area contributed by atoms with Crippen molar-refractivity contribution in [3.8, 4) is 0 Å². The number of aryl methyl sites for hydroxylation is 1. The quantitative estimate of drug-likeness (QED) is 0.761. The summed E-state index contributed by atoms with van der Waals surface area (Å²) in [7, 11) is 4.46. The zero-order valence-corrected chi connectivity index (χ0v) is 10.8. The molecule has 1 aromatic rings. The summed E-state index contributed by atoms with van der Waals surface area (Å²) >= 11 is 0. The van der Waals surface area contributed by atoms with E-state index in [9.17, 15) is 13.2 Å². The predicted octanol–water partition coefficient (Wildman–Crippen LogP) is 1.62. The molecule has 0 atom stereocenters. The van der Waals surface area contributed by atoms with Gasteiger partial charge in [-0.15, -0.1) is 0 Å². The number of nitrogens with zero attached hydrogens (tertiary/aromatic N) is 1. The van der Waals surface area contributed by atoms with Gasteiger partial charge in [0, 0.05) is 24.8 Å². The van der Waals surface area contributed by atoms with Crippen LogP contribution in [0.3, 0.4) is 0 Å². The Morgan fingerprint density at radius 3 is 2.31 bits per heavy atom. The molecule has 0 heterocycles. The Hall–Kier alpha value is -1.07. The van der Waals surface area contributed by atoms with Crippen LogP contribution in [0.15, 0.2) is 23.1 Å². The molecule has 1 aromatic carbocycles. The van der Waals surface area contributed by atoms with E-state index < -0.39 is 9.05 Å². The molecule has 0 fully saturated rings.